The third-order valence-electron chi connectivity index (χ3n) is 2.91. The second kappa shape index (κ2) is 7.41. The smallest absolute Gasteiger partial charge is 0.226 e. The average Bonchev–Trinajstić information content (AvgIpc) is 2.35. The Morgan fingerprint density at radius 2 is 2.25 bits per heavy atom. The molecule has 1 N–H and O–H groups in total. The van der Waals surface area contributed by atoms with Crippen LogP contribution in [0, 0.1) is 5.92 Å². The molecular formula is C12H22N2O2. The Labute approximate surface area is 97.6 Å². The molecule has 0 spiro atoms. The fourth-order valence-electron chi connectivity index (χ4n) is 1.98. The maximum absolute atomic E-state index is 12.2. The molecule has 0 atom stereocenters. The molecule has 0 saturated carbocycles. The van der Waals surface area contributed by atoms with E-state index in [1.807, 2.05) is 4.90 Å². The predicted octanol–water partition coefficient (Wildman–Crippen LogP) is 0.647. The normalized spacial score (nSPS) is 17.1. The molecule has 1 saturated heterocycles. The highest BCUT2D eigenvalue weighted by Crippen LogP contribution is 2.15. The predicted molar refractivity (Wildman–Crippen MR) is 64.2 cm³/mol. The van der Waals surface area contributed by atoms with E-state index < -0.39 is 0 Å². The second-order valence-corrected chi connectivity index (χ2v) is 4.09. The van der Waals surface area contributed by atoms with Crippen LogP contribution < -0.4 is 5.32 Å². The van der Waals surface area contributed by atoms with Gasteiger partial charge in [0.15, 0.2) is 0 Å². The summed E-state index contributed by atoms with van der Waals surface area (Å²) >= 11 is 0. The summed E-state index contributed by atoms with van der Waals surface area (Å²) in [6.45, 7) is 7.45. The van der Waals surface area contributed by atoms with Gasteiger partial charge in [0.1, 0.15) is 0 Å². The number of methoxy groups -OCH3 is 1. The highest BCUT2D eigenvalue weighted by molar-refractivity contribution is 5.79. The minimum absolute atomic E-state index is 0.179. The third kappa shape index (κ3) is 3.94. The van der Waals surface area contributed by atoms with Gasteiger partial charge in [0, 0.05) is 26.1 Å². The van der Waals surface area contributed by atoms with Gasteiger partial charge in [-0.3, -0.25) is 4.79 Å². The summed E-state index contributed by atoms with van der Waals surface area (Å²) in [4.78, 5) is 14.0. The van der Waals surface area contributed by atoms with Gasteiger partial charge in [-0.15, -0.1) is 6.58 Å². The van der Waals surface area contributed by atoms with Gasteiger partial charge < -0.3 is 15.0 Å². The fourth-order valence-corrected chi connectivity index (χ4v) is 1.98. The Hall–Kier alpha value is -0.870. The van der Waals surface area contributed by atoms with E-state index in [0.29, 0.717) is 19.7 Å². The van der Waals surface area contributed by atoms with E-state index in [4.69, 9.17) is 4.74 Å². The molecule has 0 aromatic carbocycles. The average molecular weight is 226 g/mol. The monoisotopic (exact) mass is 226 g/mol. The van der Waals surface area contributed by atoms with Crippen LogP contribution in [0.5, 0.6) is 0 Å². The lowest BCUT2D eigenvalue weighted by Gasteiger charge is -2.28. The van der Waals surface area contributed by atoms with E-state index in [1.165, 1.54) is 0 Å². The maximum Gasteiger partial charge on any atom is 0.226 e. The van der Waals surface area contributed by atoms with Crippen molar-refractivity contribution in [1.29, 1.82) is 0 Å². The van der Waals surface area contributed by atoms with Crippen LogP contribution in [0.25, 0.3) is 0 Å². The van der Waals surface area contributed by atoms with Gasteiger partial charge in [0.25, 0.3) is 0 Å². The first kappa shape index (κ1) is 13.2. The Kier molecular flexibility index (Phi) is 6.11. The van der Waals surface area contributed by atoms with Crippen molar-refractivity contribution in [1.82, 2.24) is 10.2 Å². The van der Waals surface area contributed by atoms with Gasteiger partial charge in [0.2, 0.25) is 5.91 Å². The molecule has 0 aliphatic carbocycles. The van der Waals surface area contributed by atoms with Crippen LogP contribution in [0.2, 0.25) is 0 Å². The Balaban J connectivity index is 2.47. The minimum atomic E-state index is 0.179. The van der Waals surface area contributed by atoms with Crippen molar-refractivity contribution in [3.63, 3.8) is 0 Å². The molecule has 16 heavy (non-hydrogen) atoms. The SMILES string of the molecule is C=CCN(CCOC)C(=O)C1CCNCC1. The van der Waals surface area contributed by atoms with Crippen molar-refractivity contribution >= 4 is 5.91 Å². The first-order chi connectivity index (χ1) is 7.79. The molecule has 0 unspecified atom stereocenters. The van der Waals surface area contributed by atoms with Crippen molar-refractivity contribution in [3.05, 3.63) is 12.7 Å². The van der Waals surface area contributed by atoms with Gasteiger partial charge in [-0.1, -0.05) is 6.08 Å². The quantitative estimate of drug-likeness (QED) is 0.676. The molecule has 0 radical (unpaired) electrons. The summed E-state index contributed by atoms with van der Waals surface area (Å²) in [5.41, 5.74) is 0. The van der Waals surface area contributed by atoms with Crippen molar-refractivity contribution < 1.29 is 9.53 Å². The van der Waals surface area contributed by atoms with Gasteiger partial charge in [-0.05, 0) is 25.9 Å². The zero-order chi connectivity index (χ0) is 11.8. The number of ether oxygens (including phenoxy) is 1. The molecule has 0 aromatic heterocycles. The molecule has 1 heterocycles. The number of carbonyl (C=O) groups excluding carboxylic acids is 1. The first-order valence-electron chi connectivity index (χ1n) is 5.89. The van der Waals surface area contributed by atoms with Crippen molar-refractivity contribution in [2.24, 2.45) is 5.92 Å². The van der Waals surface area contributed by atoms with Crippen LogP contribution >= 0.6 is 0 Å². The Morgan fingerprint density at radius 3 is 2.81 bits per heavy atom. The lowest BCUT2D eigenvalue weighted by molar-refractivity contribution is -0.136. The van der Waals surface area contributed by atoms with Crippen LogP contribution in [0.4, 0.5) is 0 Å². The minimum Gasteiger partial charge on any atom is -0.383 e. The Bertz CT molecular complexity index is 225. The van der Waals surface area contributed by atoms with Gasteiger partial charge >= 0.3 is 0 Å². The molecule has 1 amide bonds. The summed E-state index contributed by atoms with van der Waals surface area (Å²) in [5.74, 6) is 0.427. The van der Waals surface area contributed by atoms with E-state index in [-0.39, 0.29) is 11.8 Å². The zero-order valence-corrected chi connectivity index (χ0v) is 10.1. The highest BCUT2D eigenvalue weighted by atomic mass is 16.5. The van der Waals surface area contributed by atoms with Crippen LogP contribution in [0.15, 0.2) is 12.7 Å². The number of rotatable bonds is 6. The molecule has 1 aliphatic rings. The van der Waals surface area contributed by atoms with Gasteiger partial charge in [-0.25, -0.2) is 0 Å². The number of nitrogens with one attached hydrogen (secondary N) is 1. The van der Waals surface area contributed by atoms with Crippen molar-refractivity contribution in [2.75, 3.05) is 39.9 Å². The summed E-state index contributed by atoms with van der Waals surface area (Å²) in [6, 6.07) is 0. The number of carbonyl (C=O) groups is 1. The lowest BCUT2D eigenvalue weighted by atomic mass is 9.96. The second-order valence-electron chi connectivity index (χ2n) is 4.09. The summed E-state index contributed by atoms with van der Waals surface area (Å²) in [5, 5.41) is 3.27. The van der Waals surface area contributed by atoms with Crippen molar-refractivity contribution in [2.45, 2.75) is 12.8 Å². The number of amides is 1. The molecule has 1 rings (SSSR count). The standard InChI is InChI=1S/C12H22N2O2/c1-3-8-14(9-10-16-2)12(15)11-4-6-13-7-5-11/h3,11,13H,1,4-10H2,2H3. The molecule has 0 aromatic rings. The molecule has 92 valence electrons. The number of hydrogen-bond donors (Lipinski definition) is 1. The van der Waals surface area contributed by atoms with E-state index in [9.17, 15) is 4.79 Å². The number of nitrogens with zero attached hydrogens (tertiary/aromatic N) is 1. The number of hydrogen-bond acceptors (Lipinski definition) is 3. The summed E-state index contributed by atoms with van der Waals surface area (Å²) in [7, 11) is 1.65. The van der Waals surface area contributed by atoms with Gasteiger partial charge in [-0.2, -0.15) is 0 Å². The largest absolute Gasteiger partial charge is 0.383 e. The zero-order valence-electron chi connectivity index (χ0n) is 10.1. The van der Waals surface area contributed by atoms with E-state index >= 15 is 0 Å². The molecule has 0 bridgehead atoms. The topological polar surface area (TPSA) is 41.6 Å². The van der Waals surface area contributed by atoms with E-state index in [1.54, 1.807) is 13.2 Å². The fraction of sp³-hybridized carbons (Fsp3) is 0.750. The molecular weight excluding hydrogens is 204 g/mol. The highest BCUT2D eigenvalue weighted by Gasteiger charge is 2.24. The van der Waals surface area contributed by atoms with E-state index in [0.717, 1.165) is 25.9 Å². The van der Waals surface area contributed by atoms with Crippen LogP contribution in [0.3, 0.4) is 0 Å². The number of piperidine rings is 1. The van der Waals surface area contributed by atoms with Crippen LogP contribution in [0.1, 0.15) is 12.8 Å². The van der Waals surface area contributed by atoms with Crippen LogP contribution in [-0.2, 0) is 9.53 Å². The molecule has 4 heteroatoms. The Morgan fingerprint density at radius 1 is 1.56 bits per heavy atom. The van der Waals surface area contributed by atoms with Crippen LogP contribution in [-0.4, -0.2) is 50.7 Å². The molecule has 4 nitrogen and oxygen atoms in total. The third-order valence-corrected chi connectivity index (χ3v) is 2.91. The summed E-state index contributed by atoms with van der Waals surface area (Å²) < 4.78 is 5.02. The van der Waals surface area contributed by atoms with E-state index in [2.05, 4.69) is 11.9 Å². The lowest BCUT2D eigenvalue weighted by Crippen LogP contribution is -2.42. The summed E-state index contributed by atoms with van der Waals surface area (Å²) in [6.07, 6.45) is 3.66. The molecule has 1 aliphatic heterocycles. The van der Waals surface area contributed by atoms with Crippen molar-refractivity contribution in [3.8, 4) is 0 Å². The van der Waals surface area contributed by atoms with Gasteiger partial charge in [0.05, 0.1) is 6.61 Å². The maximum atomic E-state index is 12.2. The first-order valence-corrected chi connectivity index (χ1v) is 5.89. The molecule has 1 fully saturated rings.